The zero-order valence-electron chi connectivity index (χ0n) is 8.36. The Morgan fingerprint density at radius 3 is 3.07 bits per heavy atom. The molecule has 3 N–H and O–H groups in total. The molecule has 4 nitrogen and oxygen atoms in total. The molecule has 0 aromatic carbocycles. The summed E-state index contributed by atoms with van der Waals surface area (Å²) >= 11 is 5.77. The Balaban J connectivity index is 2.21. The van der Waals surface area contributed by atoms with Crippen LogP contribution in [0.25, 0.3) is 0 Å². The summed E-state index contributed by atoms with van der Waals surface area (Å²) in [6, 6.07) is 1.69. The summed E-state index contributed by atoms with van der Waals surface area (Å²) in [6.45, 7) is 1.48. The van der Waals surface area contributed by atoms with Crippen LogP contribution < -0.4 is 10.6 Å². The molecule has 15 heavy (non-hydrogen) atoms. The molecular weight excluding hydrogens is 214 g/mol. The third-order valence-corrected chi connectivity index (χ3v) is 2.76. The van der Waals surface area contributed by atoms with E-state index in [9.17, 15) is 5.11 Å². The number of nitrogens with zero attached hydrogens (tertiary/aromatic N) is 2. The summed E-state index contributed by atoms with van der Waals surface area (Å²) in [4.78, 5) is 6.19. The van der Waals surface area contributed by atoms with Crippen LogP contribution in [-0.2, 0) is 0 Å². The molecule has 2 rings (SSSR count). The fourth-order valence-corrected chi connectivity index (χ4v) is 2.03. The van der Waals surface area contributed by atoms with Crippen LogP contribution in [0, 0.1) is 0 Å². The number of piperidine rings is 1. The normalized spacial score (nSPS) is 21.7. The molecule has 1 aliphatic heterocycles. The van der Waals surface area contributed by atoms with Crippen LogP contribution in [-0.4, -0.2) is 29.3 Å². The topological polar surface area (TPSA) is 62.4 Å². The molecular formula is C10H14ClN3O. The number of aliphatic hydroxyl groups excluding tert-OH is 1. The molecule has 1 aliphatic rings. The zero-order chi connectivity index (χ0) is 10.8. The highest BCUT2D eigenvalue weighted by molar-refractivity contribution is 6.30. The third kappa shape index (κ3) is 2.33. The Hall–Kier alpha value is -1.00. The van der Waals surface area contributed by atoms with E-state index >= 15 is 0 Å². The van der Waals surface area contributed by atoms with Crippen molar-refractivity contribution in [3.05, 3.63) is 17.3 Å². The summed E-state index contributed by atoms with van der Waals surface area (Å²) in [5.74, 6) is 0.721. The van der Waals surface area contributed by atoms with Crippen molar-refractivity contribution in [2.24, 2.45) is 0 Å². The Morgan fingerprint density at radius 1 is 1.60 bits per heavy atom. The lowest BCUT2D eigenvalue weighted by molar-refractivity contribution is 0.154. The van der Waals surface area contributed by atoms with Gasteiger partial charge in [-0.25, -0.2) is 4.98 Å². The van der Waals surface area contributed by atoms with Crippen LogP contribution in [0.4, 0.5) is 11.5 Å². The maximum atomic E-state index is 9.55. The molecule has 0 amide bonds. The number of nitrogen functional groups attached to an aromatic ring is 1. The predicted molar refractivity (Wildman–Crippen MR) is 61.1 cm³/mol. The highest BCUT2D eigenvalue weighted by Crippen LogP contribution is 2.25. The third-order valence-electron chi connectivity index (χ3n) is 2.56. The molecule has 5 heteroatoms. The van der Waals surface area contributed by atoms with Crippen molar-refractivity contribution in [1.29, 1.82) is 0 Å². The first kappa shape index (κ1) is 10.5. The minimum absolute atomic E-state index is 0.282. The van der Waals surface area contributed by atoms with Crippen molar-refractivity contribution in [1.82, 2.24) is 4.98 Å². The Morgan fingerprint density at radius 2 is 2.40 bits per heavy atom. The second-order valence-corrected chi connectivity index (χ2v) is 4.24. The average Bonchev–Trinajstić information content (AvgIpc) is 2.17. The van der Waals surface area contributed by atoms with Gasteiger partial charge >= 0.3 is 0 Å². The number of hydrogen-bond donors (Lipinski definition) is 2. The molecule has 2 heterocycles. The van der Waals surface area contributed by atoms with Gasteiger partial charge in [-0.1, -0.05) is 11.6 Å². The molecule has 0 aliphatic carbocycles. The first-order chi connectivity index (χ1) is 7.16. The molecule has 0 spiro atoms. The number of aromatic nitrogens is 1. The number of nitrogens with two attached hydrogens (primary N) is 1. The number of β-amino-alcohol motifs (C(OH)–C–C–N with tert-alkyl or cyclic N) is 1. The highest BCUT2D eigenvalue weighted by Gasteiger charge is 2.20. The maximum Gasteiger partial charge on any atom is 0.151 e. The van der Waals surface area contributed by atoms with Crippen molar-refractivity contribution in [3.8, 4) is 0 Å². The van der Waals surface area contributed by atoms with Crippen LogP contribution in [0.1, 0.15) is 12.8 Å². The van der Waals surface area contributed by atoms with Crippen molar-refractivity contribution in [2.75, 3.05) is 23.7 Å². The summed E-state index contributed by atoms with van der Waals surface area (Å²) in [7, 11) is 0. The Labute approximate surface area is 93.7 Å². The van der Waals surface area contributed by atoms with Gasteiger partial charge in [0, 0.05) is 19.3 Å². The van der Waals surface area contributed by atoms with Gasteiger partial charge < -0.3 is 15.7 Å². The number of anilines is 2. The monoisotopic (exact) mass is 227 g/mol. The van der Waals surface area contributed by atoms with Gasteiger partial charge in [0.25, 0.3) is 0 Å². The van der Waals surface area contributed by atoms with Crippen LogP contribution in [0.2, 0.25) is 5.02 Å². The number of pyridine rings is 1. The second-order valence-electron chi connectivity index (χ2n) is 3.81. The van der Waals surface area contributed by atoms with Crippen LogP contribution in [0.5, 0.6) is 0 Å². The molecule has 0 radical (unpaired) electrons. The Bertz CT molecular complexity index is 359. The van der Waals surface area contributed by atoms with Gasteiger partial charge in [0.2, 0.25) is 0 Å². The van der Waals surface area contributed by atoms with E-state index in [4.69, 9.17) is 17.3 Å². The number of aliphatic hydroxyl groups is 1. The van der Waals surface area contributed by atoms with E-state index in [1.165, 1.54) is 0 Å². The molecule has 82 valence electrons. The molecule has 0 bridgehead atoms. The van der Waals surface area contributed by atoms with E-state index in [1.807, 2.05) is 4.90 Å². The lowest BCUT2D eigenvalue weighted by atomic mass is 10.1. The van der Waals surface area contributed by atoms with Crippen molar-refractivity contribution < 1.29 is 5.11 Å². The van der Waals surface area contributed by atoms with Gasteiger partial charge in [-0.2, -0.15) is 0 Å². The fourth-order valence-electron chi connectivity index (χ4n) is 1.86. The minimum atomic E-state index is -0.282. The van der Waals surface area contributed by atoms with Crippen LogP contribution >= 0.6 is 11.6 Å². The second kappa shape index (κ2) is 4.24. The molecule has 1 aromatic rings. The molecule has 1 aromatic heterocycles. The lowest BCUT2D eigenvalue weighted by Crippen LogP contribution is -2.39. The largest absolute Gasteiger partial charge is 0.396 e. The van der Waals surface area contributed by atoms with Gasteiger partial charge in [0.05, 0.1) is 16.8 Å². The molecule has 1 atom stereocenters. The van der Waals surface area contributed by atoms with E-state index in [-0.39, 0.29) is 6.10 Å². The van der Waals surface area contributed by atoms with E-state index in [0.717, 1.165) is 25.2 Å². The smallest absolute Gasteiger partial charge is 0.151 e. The van der Waals surface area contributed by atoms with Gasteiger partial charge in [-0.15, -0.1) is 0 Å². The summed E-state index contributed by atoms with van der Waals surface area (Å²) < 4.78 is 0. The summed E-state index contributed by atoms with van der Waals surface area (Å²) in [5, 5.41) is 10.1. The zero-order valence-corrected chi connectivity index (χ0v) is 9.11. The lowest BCUT2D eigenvalue weighted by Gasteiger charge is -2.31. The Kier molecular flexibility index (Phi) is 2.98. The number of rotatable bonds is 1. The average molecular weight is 228 g/mol. The van der Waals surface area contributed by atoms with Crippen molar-refractivity contribution in [3.63, 3.8) is 0 Å². The van der Waals surface area contributed by atoms with Crippen molar-refractivity contribution >= 4 is 23.1 Å². The van der Waals surface area contributed by atoms with Crippen LogP contribution in [0.15, 0.2) is 12.3 Å². The van der Waals surface area contributed by atoms with Crippen molar-refractivity contribution in [2.45, 2.75) is 18.9 Å². The quantitative estimate of drug-likeness (QED) is 0.759. The van der Waals surface area contributed by atoms with Gasteiger partial charge in [0.1, 0.15) is 0 Å². The number of hydrogen-bond acceptors (Lipinski definition) is 4. The summed E-state index contributed by atoms with van der Waals surface area (Å²) in [5.41, 5.74) is 6.39. The first-order valence-electron chi connectivity index (χ1n) is 5.01. The highest BCUT2D eigenvalue weighted by atomic mass is 35.5. The van der Waals surface area contributed by atoms with Gasteiger partial charge in [-0.3, -0.25) is 0 Å². The minimum Gasteiger partial charge on any atom is -0.396 e. The van der Waals surface area contributed by atoms with E-state index < -0.39 is 0 Å². The SMILES string of the molecule is Nc1cc(Cl)cnc1N1CCCC(O)C1. The molecule has 1 saturated heterocycles. The number of halogens is 1. The fraction of sp³-hybridized carbons (Fsp3) is 0.500. The van der Waals surface area contributed by atoms with Gasteiger partial charge in [-0.05, 0) is 18.9 Å². The predicted octanol–water partition coefficient (Wildman–Crippen LogP) is 1.28. The molecule has 1 unspecified atom stereocenters. The van der Waals surface area contributed by atoms with Crippen LogP contribution in [0.3, 0.4) is 0 Å². The molecule has 1 fully saturated rings. The summed E-state index contributed by atoms with van der Waals surface area (Å²) in [6.07, 6.45) is 3.11. The van der Waals surface area contributed by atoms with E-state index in [2.05, 4.69) is 4.98 Å². The van der Waals surface area contributed by atoms with E-state index in [0.29, 0.717) is 17.3 Å². The molecule has 0 saturated carbocycles. The standard InChI is InChI=1S/C10H14ClN3O/c11-7-4-9(12)10(13-5-7)14-3-1-2-8(15)6-14/h4-5,8,15H,1-3,6,12H2. The maximum absolute atomic E-state index is 9.55. The van der Waals surface area contributed by atoms with Gasteiger partial charge in [0.15, 0.2) is 5.82 Å². The first-order valence-corrected chi connectivity index (χ1v) is 5.38. The van der Waals surface area contributed by atoms with E-state index in [1.54, 1.807) is 12.3 Å².